The molecular formula is C15H12BrClN2O2. The van der Waals surface area contributed by atoms with E-state index in [0.29, 0.717) is 4.47 Å². The number of nitro benzene ring substituents is 1. The van der Waals surface area contributed by atoms with Crippen molar-refractivity contribution in [3.05, 3.63) is 67.1 Å². The highest BCUT2D eigenvalue weighted by Gasteiger charge is 2.22. The number of hydrogen-bond acceptors (Lipinski definition) is 3. The van der Waals surface area contributed by atoms with E-state index in [1.54, 1.807) is 12.1 Å². The number of hydrogen-bond donors (Lipinski definition) is 1. The molecule has 0 saturated heterocycles. The van der Waals surface area contributed by atoms with Gasteiger partial charge in [-0.2, -0.15) is 0 Å². The molecule has 0 aromatic heterocycles. The molecule has 3 rings (SSSR count). The van der Waals surface area contributed by atoms with Crippen LogP contribution in [0, 0.1) is 10.1 Å². The van der Waals surface area contributed by atoms with Crippen LogP contribution >= 0.6 is 27.5 Å². The third-order valence-corrected chi connectivity index (χ3v) is 4.52. The summed E-state index contributed by atoms with van der Waals surface area (Å²) < 4.78 is 0.486. The van der Waals surface area contributed by atoms with E-state index < -0.39 is 4.92 Å². The molecule has 1 atom stereocenters. The van der Waals surface area contributed by atoms with Crippen molar-refractivity contribution in [3.63, 3.8) is 0 Å². The molecule has 21 heavy (non-hydrogen) atoms. The molecule has 2 aromatic carbocycles. The topological polar surface area (TPSA) is 55.2 Å². The number of nitrogens with one attached hydrogen (secondary N) is 1. The Morgan fingerprint density at radius 1 is 1.19 bits per heavy atom. The lowest BCUT2D eigenvalue weighted by Crippen LogP contribution is -2.19. The third-order valence-electron chi connectivity index (χ3n) is 3.61. The van der Waals surface area contributed by atoms with E-state index in [1.165, 1.54) is 11.1 Å². The second-order valence-corrected chi connectivity index (χ2v) is 6.38. The van der Waals surface area contributed by atoms with E-state index in [0.717, 1.165) is 23.6 Å². The van der Waals surface area contributed by atoms with Crippen LogP contribution in [0.5, 0.6) is 0 Å². The molecule has 2 aromatic rings. The Kier molecular flexibility index (Phi) is 3.87. The maximum absolute atomic E-state index is 11.0. The van der Waals surface area contributed by atoms with Gasteiger partial charge in [0, 0.05) is 22.8 Å². The highest BCUT2D eigenvalue weighted by Crippen LogP contribution is 2.31. The predicted molar refractivity (Wildman–Crippen MR) is 87.1 cm³/mol. The zero-order valence-electron chi connectivity index (χ0n) is 11.0. The summed E-state index contributed by atoms with van der Waals surface area (Å²) in [6.45, 7) is 0. The van der Waals surface area contributed by atoms with Gasteiger partial charge < -0.3 is 5.32 Å². The average Bonchev–Trinajstić information content (AvgIpc) is 2.82. The highest BCUT2D eigenvalue weighted by molar-refractivity contribution is 9.10. The van der Waals surface area contributed by atoms with Gasteiger partial charge in [-0.25, -0.2) is 0 Å². The molecule has 108 valence electrons. The SMILES string of the molecule is O=[N+]([O-])c1cc(NC2Cc3ccc(Cl)cc3C2)ccc1Br. The molecule has 0 saturated carbocycles. The Morgan fingerprint density at radius 3 is 2.71 bits per heavy atom. The van der Waals surface area contributed by atoms with Crippen LogP contribution in [-0.4, -0.2) is 11.0 Å². The van der Waals surface area contributed by atoms with Crippen molar-refractivity contribution >= 4 is 38.9 Å². The summed E-state index contributed by atoms with van der Waals surface area (Å²) in [7, 11) is 0. The minimum Gasteiger partial charge on any atom is -0.381 e. The van der Waals surface area contributed by atoms with Gasteiger partial charge in [0.25, 0.3) is 5.69 Å². The fourth-order valence-electron chi connectivity index (χ4n) is 2.67. The average molecular weight is 368 g/mol. The second-order valence-electron chi connectivity index (χ2n) is 5.09. The fourth-order valence-corrected chi connectivity index (χ4v) is 3.25. The number of anilines is 1. The van der Waals surface area contributed by atoms with Crippen molar-refractivity contribution < 1.29 is 4.92 Å². The summed E-state index contributed by atoms with van der Waals surface area (Å²) in [4.78, 5) is 10.6. The molecule has 0 spiro atoms. The molecule has 0 heterocycles. The van der Waals surface area contributed by atoms with Crippen LogP contribution < -0.4 is 5.32 Å². The van der Waals surface area contributed by atoms with E-state index in [-0.39, 0.29) is 11.7 Å². The number of fused-ring (bicyclic) bond motifs is 1. The Morgan fingerprint density at radius 2 is 1.95 bits per heavy atom. The highest BCUT2D eigenvalue weighted by atomic mass is 79.9. The predicted octanol–water partition coefficient (Wildman–Crippen LogP) is 4.59. The van der Waals surface area contributed by atoms with Crippen LogP contribution in [0.3, 0.4) is 0 Å². The van der Waals surface area contributed by atoms with Crippen molar-refractivity contribution in [3.8, 4) is 0 Å². The Hall–Kier alpha value is -1.59. The molecule has 0 fully saturated rings. The Bertz CT molecular complexity index is 721. The molecule has 0 radical (unpaired) electrons. The molecule has 1 unspecified atom stereocenters. The first-order chi connectivity index (χ1) is 10.0. The maximum atomic E-state index is 11.0. The lowest BCUT2D eigenvalue weighted by Gasteiger charge is -2.13. The van der Waals surface area contributed by atoms with Gasteiger partial charge in [0.15, 0.2) is 0 Å². The number of nitrogens with zero attached hydrogens (tertiary/aromatic N) is 1. The smallest absolute Gasteiger partial charge is 0.285 e. The first kappa shape index (κ1) is 14.4. The van der Waals surface area contributed by atoms with E-state index in [4.69, 9.17) is 11.6 Å². The molecule has 6 heteroatoms. The summed E-state index contributed by atoms with van der Waals surface area (Å²) in [5.74, 6) is 0. The van der Waals surface area contributed by atoms with Gasteiger partial charge >= 0.3 is 0 Å². The molecule has 0 amide bonds. The van der Waals surface area contributed by atoms with Gasteiger partial charge in [0.05, 0.1) is 9.40 Å². The molecule has 1 N–H and O–H groups in total. The van der Waals surface area contributed by atoms with Gasteiger partial charge in [-0.1, -0.05) is 17.7 Å². The molecular weight excluding hydrogens is 356 g/mol. The van der Waals surface area contributed by atoms with Crippen LogP contribution in [0.15, 0.2) is 40.9 Å². The fraction of sp³-hybridized carbons (Fsp3) is 0.200. The third kappa shape index (κ3) is 3.04. The van der Waals surface area contributed by atoms with Crippen molar-refractivity contribution in [2.24, 2.45) is 0 Å². The van der Waals surface area contributed by atoms with Crippen LogP contribution in [0.2, 0.25) is 5.02 Å². The van der Waals surface area contributed by atoms with Gasteiger partial charge in [-0.15, -0.1) is 0 Å². The molecule has 1 aliphatic carbocycles. The van der Waals surface area contributed by atoms with Gasteiger partial charge in [0.1, 0.15) is 0 Å². The number of nitro groups is 1. The van der Waals surface area contributed by atoms with E-state index in [2.05, 4.69) is 21.2 Å². The first-order valence-corrected chi connectivity index (χ1v) is 7.68. The van der Waals surface area contributed by atoms with E-state index in [1.807, 2.05) is 24.3 Å². The van der Waals surface area contributed by atoms with Crippen LogP contribution in [0.4, 0.5) is 11.4 Å². The van der Waals surface area contributed by atoms with E-state index >= 15 is 0 Å². The zero-order valence-corrected chi connectivity index (χ0v) is 13.3. The standard InChI is InChI=1S/C15H12BrClN2O2/c16-14-4-3-12(8-15(14)19(20)21)18-13-6-9-1-2-11(17)5-10(9)7-13/h1-5,8,13,18H,6-7H2. The summed E-state index contributed by atoms with van der Waals surface area (Å²) >= 11 is 9.19. The lowest BCUT2D eigenvalue weighted by molar-refractivity contribution is -0.385. The van der Waals surface area contributed by atoms with Crippen molar-refractivity contribution in [1.29, 1.82) is 0 Å². The molecule has 0 bridgehead atoms. The Balaban J connectivity index is 1.77. The van der Waals surface area contributed by atoms with Crippen LogP contribution in [-0.2, 0) is 12.8 Å². The number of benzene rings is 2. The minimum atomic E-state index is -0.390. The largest absolute Gasteiger partial charge is 0.381 e. The normalized spacial score (nSPS) is 16.6. The molecule has 1 aliphatic rings. The van der Waals surface area contributed by atoms with Gasteiger partial charge in [-0.3, -0.25) is 10.1 Å². The van der Waals surface area contributed by atoms with Crippen LogP contribution in [0.25, 0.3) is 0 Å². The summed E-state index contributed by atoms with van der Waals surface area (Å²) in [6.07, 6.45) is 1.77. The van der Waals surface area contributed by atoms with Crippen molar-refractivity contribution in [2.45, 2.75) is 18.9 Å². The van der Waals surface area contributed by atoms with Gasteiger partial charge in [0.2, 0.25) is 0 Å². The van der Waals surface area contributed by atoms with E-state index in [9.17, 15) is 10.1 Å². The summed E-state index contributed by atoms with van der Waals surface area (Å²) in [6, 6.07) is 11.3. The second kappa shape index (κ2) is 5.66. The minimum absolute atomic E-state index is 0.0681. The van der Waals surface area contributed by atoms with Gasteiger partial charge in [-0.05, 0) is 64.2 Å². The summed E-state index contributed by atoms with van der Waals surface area (Å²) in [5, 5.41) is 15.1. The quantitative estimate of drug-likeness (QED) is 0.637. The zero-order chi connectivity index (χ0) is 15.0. The number of rotatable bonds is 3. The molecule has 0 aliphatic heterocycles. The monoisotopic (exact) mass is 366 g/mol. The van der Waals surface area contributed by atoms with Crippen LogP contribution in [0.1, 0.15) is 11.1 Å². The van der Waals surface area contributed by atoms with Crippen molar-refractivity contribution in [2.75, 3.05) is 5.32 Å². The number of halogens is 2. The van der Waals surface area contributed by atoms with Crippen molar-refractivity contribution in [1.82, 2.24) is 0 Å². The first-order valence-electron chi connectivity index (χ1n) is 6.51. The maximum Gasteiger partial charge on any atom is 0.285 e. The molecule has 4 nitrogen and oxygen atoms in total. The lowest BCUT2D eigenvalue weighted by atomic mass is 10.1. The Labute approximate surface area is 135 Å². The summed E-state index contributed by atoms with van der Waals surface area (Å²) in [5.41, 5.74) is 3.35.